The van der Waals surface area contributed by atoms with Gasteiger partial charge >= 0.3 is 0 Å². The van der Waals surface area contributed by atoms with Gasteiger partial charge in [-0.2, -0.15) is 0 Å². The van der Waals surface area contributed by atoms with Crippen LogP contribution in [0.3, 0.4) is 0 Å². The van der Waals surface area contributed by atoms with E-state index in [0.29, 0.717) is 4.47 Å². The fraction of sp³-hybridized carbons (Fsp3) is 0.417. The predicted octanol–water partition coefficient (Wildman–Crippen LogP) is 2.10. The highest BCUT2D eigenvalue weighted by Gasteiger charge is 2.18. The molecule has 2 unspecified atom stereocenters. The Hall–Kier alpha value is -1.47. The number of carbonyl (C=O) groups is 1. The van der Waals surface area contributed by atoms with E-state index < -0.39 is 10.8 Å². The summed E-state index contributed by atoms with van der Waals surface area (Å²) in [5.41, 5.74) is 0.0578. The quantitative estimate of drug-likeness (QED) is 0.638. The van der Waals surface area contributed by atoms with Crippen molar-refractivity contribution in [3.63, 3.8) is 0 Å². The number of amides is 1. The minimum atomic E-state index is -0.555. The number of aliphatic hydroxyl groups excluding tert-OH is 1. The molecule has 2 N–H and O–H groups in total. The van der Waals surface area contributed by atoms with Crippen LogP contribution in [0, 0.1) is 16.0 Å². The number of carbonyl (C=O) groups excluding carboxylic acids is 1. The lowest BCUT2D eigenvalue weighted by atomic mass is 10.0. The molecule has 19 heavy (non-hydrogen) atoms. The first-order chi connectivity index (χ1) is 8.86. The van der Waals surface area contributed by atoms with Crippen molar-refractivity contribution in [2.75, 3.05) is 6.61 Å². The molecule has 0 saturated heterocycles. The fourth-order valence-electron chi connectivity index (χ4n) is 1.38. The zero-order valence-electron chi connectivity index (χ0n) is 10.6. The molecule has 0 fully saturated rings. The lowest BCUT2D eigenvalue weighted by Crippen LogP contribution is -2.38. The lowest BCUT2D eigenvalue weighted by Gasteiger charge is -2.19. The van der Waals surface area contributed by atoms with Crippen molar-refractivity contribution < 1.29 is 14.8 Å². The van der Waals surface area contributed by atoms with Gasteiger partial charge < -0.3 is 10.4 Å². The molecule has 0 aliphatic carbocycles. The number of nitrogens with zero attached hydrogens (tertiary/aromatic N) is 1. The first-order valence-corrected chi connectivity index (χ1v) is 6.51. The SMILES string of the molecule is CC(CO)C(C)NC(=O)c1ccc(Br)c([N+](=O)[O-])c1. The summed E-state index contributed by atoms with van der Waals surface area (Å²) in [6.45, 7) is 3.53. The van der Waals surface area contributed by atoms with Crippen LogP contribution in [0.5, 0.6) is 0 Å². The van der Waals surface area contributed by atoms with Gasteiger partial charge in [0.1, 0.15) is 0 Å². The smallest absolute Gasteiger partial charge is 0.284 e. The summed E-state index contributed by atoms with van der Waals surface area (Å²) < 4.78 is 0.325. The number of hydrogen-bond acceptors (Lipinski definition) is 4. The average Bonchev–Trinajstić information content (AvgIpc) is 2.37. The molecule has 0 aliphatic rings. The summed E-state index contributed by atoms with van der Waals surface area (Å²) in [6.07, 6.45) is 0. The van der Waals surface area contributed by atoms with E-state index in [9.17, 15) is 14.9 Å². The van der Waals surface area contributed by atoms with E-state index in [1.807, 2.05) is 0 Å². The number of halogens is 1. The molecule has 0 aromatic heterocycles. The molecule has 0 heterocycles. The van der Waals surface area contributed by atoms with Crippen LogP contribution in [0.4, 0.5) is 5.69 Å². The molecule has 1 amide bonds. The lowest BCUT2D eigenvalue weighted by molar-refractivity contribution is -0.385. The molecule has 0 saturated carbocycles. The van der Waals surface area contributed by atoms with Crippen LogP contribution in [0.15, 0.2) is 22.7 Å². The maximum atomic E-state index is 11.9. The molecular formula is C12H15BrN2O4. The molecule has 0 radical (unpaired) electrons. The summed E-state index contributed by atoms with van der Waals surface area (Å²) >= 11 is 3.06. The zero-order chi connectivity index (χ0) is 14.6. The van der Waals surface area contributed by atoms with Crippen molar-refractivity contribution in [2.45, 2.75) is 19.9 Å². The third kappa shape index (κ3) is 4.00. The number of nitro benzene ring substituents is 1. The predicted molar refractivity (Wildman–Crippen MR) is 74.0 cm³/mol. The molecular weight excluding hydrogens is 316 g/mol. The highest BCUT2D eigenvalue weighted by Crippen LogP contribution is 2.25. The number of rotatable bonds is 5. The molecule has 1 aromatic rings. The van der Waals surface area contributed by atoms with Gasteiger partial charge in [-0.3, -0.25) is 14.9 Å². The standard InChI is InChI=1S/C12H15BrN2O4/c1-7(6-16)8(2)14-12(17)9-3-4-10(13)11(5-9)15(18)19/h3-5,7-8,16H,6H2,1-2H3,(H,14,17). The molecule has 2 atom stereocenters. The number of nitro groups is 1. The minimum Gasteiger partial charge on any atom is -0.396 e. The third-order valence-electron chi connectivity index (χ3n) is 2.91. The second-order valence-corrected chi connectivity index (χ2v) is 5.20. The van der Waals surface area contributed by atoms with Crippen molar-refractivity contribution in [1.82, 2.24) is 5.32 Å². The second-order valence-electron chi connectivity index (χ2n) is 4.35. The summed E-state index contributed by atoms with van der Waals surface area (Å²) in [4.78, 5) is 22.2. The molecule has 6 nitrogen and oxygen atoms in total. The zero-order valence-corrected chi connectivity index (χ0v) is 12.2. The van der Waals surface area contributed by atoms with Gasteiger partial charge in [0, 0.05) is 24.3 Å². The van der Waals surface area contributed by atoms with Gasteiger partial charge in [-0.1, -0.05) is 6.92 Å². The van der Waals surface area contributed by atoms with Gasteiger partial charge in [-0.15, -0.1) is 0 Å². The van der Waals surface area contributed by atoms with Crippen LogP contribution < -0.4 is 5.32 Å². The summed E-state index contributed by atoms with van der Waals surface area (Å²) in [5, 5.41) is 22.5. The maximum absolute atomic E-state index is 11.9. The van der Waals surface area contributed by atoms with E-state index in [1.165, 1.54) is 18.2 Å². The Morgan fingerprint density at radius 3 is 2.68 bits per heavy atom. The number of benzene rings is 1. The Morgan fingerprint density at radius 1 is 1.53 bits per heavy atom. The fourth-order valence-corrected chi connectivity index (χ4v) is 1.78. The van der Waals surface area contributed by atoms with E-state index >= 15 is 0 Å². The number of nitrogens with one attached hydrogen (secondary N) is 1. The highest BCUT2D eigenvalue weighted by molar-refractivity contribution is 9.10. The van der Waals surface area contributed by atoms with Gasteiger partial charge in [0.2, 0.25) is 0 Å². The molecule has 0 spiro atoms. The molecule has 104 valence electrons. The average molecular weight is 331 g/mol. The first-order valence-electron chi connectivity index (χ1n) is 5.72. The minimum absolute atomic E-state index is 0.0397. The van der Waals surface area contributed by atoms with E-state index in [-0.39, 0.29) is 29.8 Å². The van der Waals surface area contributed by atoms with Gasteiger partial charge in [-0.25, -0.2) is 0 Å². The van der Waals surface area contributed by atoms with Crippen LogP contribution in [0.2, 0.25) is 0 Å². The van der Waals surface area contributed by atoms with E-state index in [4.69, 9.17) is 5.11 Å². The van der Waals surface area contributed by atoms with Crippen LogP contribution in [-0.4, -0.2) is 28.6 Å². The summed E-state index contributed by atoms with van der Waals surface area (Å²) in [7, 11) is 0. The first kappa shape index (κ1) is 15.6. The third-order valence-corrected chi connectivity index (χ3v) is 3.58. The van der Waals surface area contributed by atoms with Gasteiger partial charge in [0.05, 0.1) is 9.40 Å². The van der Waals surface area contributed by atoms with Crippen molar-refractivity contribution in [1.29, 1.82) is 0 Å². The van der Waals surface area contributed by atoms with Crippen molar-refractivity contribution in [3.05, 3.63) is 38.3 Å². The normalized spacial score (nSPS) is 13.7. The molecule has 1 rings (SSSR count). The van der Waals surface area contributed by atoms with E-state index in [0.717, 1.165) is 0 Å². The van der Waals surface area contributed by atoms with Gasteiger partial charge in [0.15, 0.2) is 0 Å². The Kier molecular flexibility index (Phi) is 5.44. The van der Waals surface area contributed by atoms with Crippen molar-refractivity contribution >= 4 is 27.5 Å². The highest BCUT2D eigenvalue weighted by atomic mass is 79.9. The maximum Gasteiger partial charge on any atom is 0.284 e. The molecule has 0 bridgehead atoms. The van der Waals surface area contributed by atoms with Crippen molar-refractivity contribution in [3.8, 4) is 0 Å². The van der Waals surface area contributed by atoms with E-state index in [2.05, 4.69) is 21.2 Å². The topological polar surface area (TPSA) is 92.5 Å². The summed E-state index contributed by atoms with van der Waals surface area (Å²) in [5.74, 6) is -0.488. The van der Waals surface area contributed by atoms with Crippen LogP contribution in [0.1, 0.15) is 24.2 Å². The number of hydrogen-bond donors (Lipinski definition) is 2. The summed E-state index contributed by atoms with van der Waals surface area (Å²) in [6, 6.07) is 3.96. The van der Waals surface area contributed by atoms with Gasteiger partial charge in [0.25, 0.3) is 11.6 Å². The van der Waals surface area contributed by atoms with Crippen molar-refractivity contribution in [2.24, 2.45) is 5.92 Å². The second kappa shape index (κ2) is 6.63. The Labute approximate surface area is 119 Å². The Balaban J connectivity index is 2.89. The Bertz CT molecular complexity index is 493. The monoisotopic (exact) mass is 330 g/mol. The molecule has 0 aliphatic heterocycles. The molecule has 7 heteroatoms. The largest absolute Gasteiger partial charge is 0.396 e. The van der Waals surface area contributed by atoms with Crippen LogP contribution in [0.25, 0.3) is 0 Å². The molecule has 1 aromatic carbocycles. The van der Waals surface area contributed by atoms with Gasteiger partial charge in [-0.05, 0) is 40.9 Å². The Morgan fingerprint density at radius 2 is 2.16 bits per heavy atom. The van der Waals surface area contributed by atoms with Crippen LogP contribution >= 0.6 is 15.9 Å². The van der Waals surface area contributed by atoms with Crippen LogP contribution in [-0.2, 0) is 0 Å². The number of aliphatic hydroxyl groups is 1. The van der Waals surface area contributed by atoms with E-state index in [1.54, 1.807) is 13.8 Å².